The quantitative estimate of drug-likeness (QED) is 0.887. The summed E-state index contributed by atoms with van der Waals surface area (Å²) in [5, 5.41) is 3.15. The monoisotopic (exact) mass is 367 g/mol. The molecule has 0 aliphatic carbocycles. The molecule has 1 unspecified atom stereocenters. The molecule has 0 bridgehead atoms. The van der Waals surface area contributed by atoms with Gasteiger partial charge in [0.05, 0.1) is 24.8 Å². The van der Waals surface area contributed by atoms with Gasteiger partial charge >= 0.3 is 6.18 Å². The van der Waals surface area contributed by atoms with Crippen molar-refractivity contribution in [3.05, 3.63) is 22.3 Å². The third kappa shape index (κ3) is 4.08. The Morgan fingerprint density at radius 3 is 2.95 bits per heavy atom. The van der Waals surface area contributed by atoms with Crippen LogP contribution in [0.15, 0.2) is 16.7 Å². The highest BCUT2D eigenvalue weighted by molar-refractivity contribution is 9.10. The van der Waals surface area contributed by atoms with Crippen molar-refractivity contribution in [2.24, 2.45) is 0 Å². The van der Waals surface area contributed by atoms with Gasteiger partial charge in [-0.3, -0.25) is 0 Å². The third-order valence-electron chi connectivity index (χ3n) is 3.27. The SMILES string of the molecule is CCNCC1COCCN1c1ncc(Br)cc1C(F)(F)F. The Hall–Kier alpha value is -0.860. The maximum Gasteiger partial charge on any atom is 0.419 e. The lowest BCUT2D eigenvalue weighted by Gasteiger charge is -2.37. The fourth-order valence-corrected chi connectivity index (χ4v) is 2.61. The first-order valence-electron chi connectivity index (χ1n) is 6.71. The lowest BCUT2D eigenvalue weighted by atomic mass is 10.1. The first-order valence-corrected chi connectivity index (χ1v) is 7.50. The van der Waals surface area contributed by atoms with E-state index >= 15 is 0 Å². The van der Waals surface area contributed by atoms with Gasteiger partial charge in [0.1, 0.15) is 5.82 Å². The van der Waals surface area contributed by atoms with Crippen LogP contribution < -0.4 is 10.2 Å². The third-order valence-corrected chi connectivity index (χ3v) is 3.70. The second-order valence-corrected chi connectivity index (χ2v) is 5.67. The van der Waals surface area contributed by atoms with E-state index < -0.39 is 11.7 Å². The number of hydrogen-bond donors (Lipinski definition) is 1. The number of aromatic nitrogens is 1. The molecule has 8 heteroatoms. The van der Waals surface area contributed by atoms with Gasteiger partial charge in [0, 0.05) is 23.8 Å². The Labute approximate surface area is 129 Å². The molecule has 2 heterocycles. The molecule has 118 valence electrons. The van der Waals surface area contributed by atoms with Gasteiger partial charge in [-0.15, -0.1) is 0 Å². The van der Waals surface area contributed by atoms with Crippen molar-refractivity contribution in [2.45, 2.75) is 19.1 Å². The van der Waals surface area contributed by atoms with E-state index in [1.54, 1.807) is 4.90 Å². The van der Waals surface area contributed by atoms with Crippen LogP contribution in [0.5, 0.6) is 0 Å². The number of alkyl halides is 3. The molecule has 0 amide bonds. The minimum atomic E-state index is -4.44. The van der Waals surface area contributed by atoms with Crippen LogP contribution in [0.3, 0.4) is 0 Å². The molecule has 1 aliphatic rings. The van der Waals surface area contributed by atoms with Gasteiger partial charge in [-0.2, -0.15) is 13.2 Å². The maximum atomic E-state index is 13.2. The molecular weight excluding hydrogens is 351 g/mol. The number of nitrogens with one attached hydrogen (secondary N) is 1. The lowest BCUT2D eigenvalue weighted by molar-refractivity contribution is -0.137. The van der Waals surface area contributed by atoms with Crippen molar-refractivity contribution in [2.75, 3.05) is 37.7 Å². The molecule has 1 aromatic heterocycles. The number of rotatable bonds is 4. The molecule has 1 aromatic rings. The van der Waals surface area contributed by atoms with E-state index in [0.717, 1.165) is 12.6 Å². The molecule has 1 N–H and O–H groups in total. The molecule has 0 spiro atoms. The van der Waals surface area contributed by atoms with Gasteiger partial charge in [0.15, 0.2) is 0 Å². The predicted molar refractivity (Wildman–Crippen MR) is 77.4 cm³/mol. The van der Waals surface area contributed by atoms with E-state index in [9.17, 15) is 13.2 Å². The zero-order valence-electron chi connectivity index (χ0n) is 11.6. The van der Waals surface area contributed by atoms with E-state index in [4.69, 9.17) is 4.74 Å². The zero-order chi connectivity index (χ0) is 15.5. The van der Waals surface area contributed by atoms with Crippen LogP contribution in [-0.2, 0) is 10.9 Å². The summed E-state index contributed by atoms with van der Waals surface area (Å²) >= 11 is 3.05. The zero-order valence-corrected chi connectivity index (χ0v) is 13.2. The van der Waals surface area contributed by atoms with Crippen LogP contribution in [-0.4, -0.2) is 43.9 Å². The number of halogens is 4. The minimum absolute atomic E-state index is 0.0306. The largest absolute Gasteiger partial charge is 0.419 e. The van der Waals surface area contributed by atoms with Crippen LogP contribution in [0.4, 0.5) is 19.0 Å². The van der Waals surface area contributed by atoms with Gasteiger partial charge in [0.2, 0.25) is 0 Å². The normalized spacial score (nSPS) is 19.9. The maximum absolute atomic E-state index is 13.2. The summed E-state index contributed by atoms with van der Waals surface area (Å²) in [7, 11) is 0. The smallest absolute Gasteiger partial charge is 0.377 e. The number of pyridine rings is 1. The molecule has 1 aliphatic heterocycles. The lowest BCUT2D eigenvalue weighted by Crippen LogP contribution is -2.51. The van der Waals surface area contributed by atoms with E-state index in [0.29, 0.717) is 30.8 Å². The number of nitrogens with zero attached hydrogens (tertiary/aromatic N) is 2. The summed E-state index contributed by atoms with van der Waals surface area (Å²) in [6.07, 6.45) is -3.04. The fraction of sp³-hybridized carbons (Fsp3) is 0.615. The molecule has 1 atom stereocenters. The molecule has 0 saturated carbocycles. The van der Waals surface area contributed by atoms with Crippen LogP contribution in [0, 0.1) is 0 Å². The van der Waals surface area contributed by atoms with E-state index in [1.807, 2.05) is 6.92 Å². The highest BCUT2D eigenvalue weighted by atomic mass is 79.9. The summed E-state index contributed by atoms with van der Waals surface area (Å²) in [6.45, 7) is 4.45. The van der Waals surface area contributed by atoms with Gasteiger partial charge in [-0.25, -0.2) is 4.98 Å². The first-order chi connectivity index (χ1) is 9.93. The summed E-state index contributed by atoms with van der Waals surface area (Å²) in [5.41, 5.74) is -0.722. The Kier molecular flexibility index (Phi) is 5.45. The van der Waals surface area contributed by atoms with E-state index in [1.165, 1.54) is 6.20 Å². The van der Waals surface area contributed by atoms with Crippen molar-refractivity contribution in [1.29, 1.82) is 0 Å². The Balaban J connectivity index is 2.34. The number of likely N-dealkylation sites (N-methyl/N-ethyl adjacent to an activating group) is 1. The molecule has 21 heavy (non-hydrogen) atoms. The molecule has 0 radical (unpaired) electrons. The van der Waals surface area contributed by atoms with Crippen LogP contribution in [0.1, 0.15) is 12.5 Å². The number of hydrogen-bond acceptors (Lipinski definition) is 4. The number of anilines is 1. The molecule has 1 fully saturated rings. The van der Waals surface area contributed by atoms with Gasteiger partial charge in [-0.05, 0) is 28.5 Å². The molecule has 2 rings (SSSR count). The summed E-state index contributed by atoms with van der Waals surface area (Å²) < 4.78 is 45.4. The predicted octanol–water partition coefficient (Wildman–Crippen LogP) is 2.68. The summed E-state index contributed by atoms with van der Waals surface area (Å²) in [6, 6.07) is 0.913. The van der Waals surface area contributed by atoms with E-state index in [-0.39, 0.29) is 11.9 Å². The van der Waals surface area contributed by atoms with Crippen LogP contribution in [0.25, 0.3) is 0 Å². The summed E-state index contributed by atoms with van der Waals surface area (Å²) in [4.78, 5) is 5.68. The van der Waals surface area contributed by atoms with Crippen LogP contribution in [0.2, 0.25) is 0 Å². The Morgan fingerprint density at radius 2 is 2.29 bits per heavy atom. The van der Waals surface area contributed by atoms with Gasteiger partial charge in [-0.1, -0.05) is 6.92 Å². The summed E-state index contributed by atoms with van der Waals surface area (Å²) in [5.74, 6) is -0.0306. The van der Waals surface area contributed by atoms with E-state index in [2.05, 4.69) is 26.2 Å². The second-order valence-electron chi connectivity index (χ2n) is 4.75. The molecule has 0 aromatic carbocycles. The average molecular weight is 368 g/mol. The molecule has 4 nitrogen and oxygen atoms in total. The second kappa shape index (κ2) is 6.93. The van der Waals surface area contributed by atoms with Crippen molar-refractivity contribution in [3.8, 4) is 0 Å². The average Bonchev–Trinajstić information content (AvgIpc) is 2.44. The molecule has 1 saturated heterocycles. The highest BCUT2D eigenvalue weighted by Crippen LogP contribution is 2.37. The van der Waals surface area contributed by atoms with Crippen molar-refractivity contribution in [1.82, 2.24) is 10.3 Å². The highest BCUT2D eigenvalue weighted by Gasteiger charge is 2.38. The minimum Gasteiger partial charge on any atom is -0.377 e. The fourth-order valence-electron chi connectivity index (χ4n) is 2.28. The number of ether oxygens (including phenoxy) is 1. The standard InChI is InChI=1S/C13H17BrF3N3O/c1-2-18-7-10-8-21-4-3-20(10)12-11(13(15,16)17)5-9(14)6-19-12/h5-6,10,18H,2-4,7-8H2,1H3. The van der Waals surface area contributed by atoms with Crippen molar-refractivity contribution >= 4 is 21.7 Å². The van der Waals surface area contributed by atoms with Crippen molar-refractivity contribution < 1.29 is 17.9 Å². The Bertz CT molecular complexity index is 484. The van der Waals surface area contributed by atoms with Crippen LogP contribution >= 0.6 is 15.9 Å². The van der Waals surface area contributed by atoms with Gasteiger partial charge < -0.3 is 15.0 Å². The van der Waals surface area contributed by atoms with Gasteiger partial charge in [0.25, 0.3) is 0 Å². The topological polar surface area (TPSA) is 37.4 Å². The van der Waals surface area contributed by atoms with Crippen molar-refractivity contribution in [3.63, 3.8) is 0 Å². The number of morpholine rings is 1. The Morgan fingerprint density at radius 1 is 1.52 bits per heavy atom. The first kappa shape index (κ1) is 16.5. The molecular formula is C13H17BrF3N3O.